The van der Waals surface area contributed by atoms with Gasteiger partial charge >= 0.3 is 5.97 Å². The van der Waals surface area contributed by atoms with Crippen LogP contribution in [0.4, 0.5) is 0 Å². The van der Waals surface area contributed by atoms with Crippen molar-refractivity contribution < 1.29 is 9.53 Å². The normalized spacial score (nSPS) is 18.7. The van der Waals surface area contributed by atoms with Crippen LogP contribution in [0.5, 0.6) is 0 Å². The largest absolute Gasteiger partial charge is 0.464 e. The lowest BCUT2D eigenvalue weighted by atomic mass is 9.89. The minimum Gasteiger partial charge on any atom is -0.464 e. The smallest absolute Gasteiger partial charge is 0.328 e. The van der Waals surface area contributed by atoms with Gasteiger partial charge in [-0.15, -0.1) is 11.3 Å². The number of fused-ring (bicyclic) bond motifs is 3. The second-order valence-electron chi connectivity index (χ2n) is 6.33. The maximum absolute atomic E-state index is 12.9. The first kappa shape index (κ1) is 16.2. The van der Waals surface area contributed by atoms with E-state index in [4.69, 9.17) is 4.74 Å². The molecule has 0 amide bonds. The van der Waals surface area contributed by atoms with Crippen molar-refractivity contribution in [1.29, 1.82) is 0 Å². The highest BCUT2D eigenvalue weighted by atomic mass is 32.1. The fourth-order valence-electron chi connectivity index (χ4n) is 3.06. The molecule has 1 aliphatic carbocycles. The summed E-state index contributed by atoms with van der Waals surface area (Å²) < 4.78 is 6.57. The minimum atomic E-state index is -0.649. The van der Waals surface area contributed by atoms with Crippen LogP contribution in [0.3, 0.4) is 0 Å². The Morgan fingerprint density at radius 3 is 3.09 bits per heavy atom. The molecule has 1 aliphatic rings. The average molecular weight is 334 g/mol. The van der Waals surface area contributed by atoms with Gasteiger partial charge in [0.05, 0.1) is 18.3 Å². The summed E-state index contributed by atoms with van der Waals surface area (Å²) in [6.07, 6.45) is 5.28. The first-order valence-corrected chi connectivity index (χ1v) is 9.02. The van der Waals surface area contributed by atoms with Crippen LogP contribution in [0.15, 0.2) is 11.1 Å². The third-order valence-electron chi connectivity index (χ3n) is 4.45. The van der Waals surface area contributed by atoms with Crippen molar-refractivity contribution in [3.8, 4) is 0 Å². The Bertz CT molecular complexity index is 793. The average Bonchev–Trinajstić information content (AvgIpc) is 2.90. The van der Waals surface area contributed by atoms with Gasteiger partial charge in [0.15, 0.2) is 0 Å². The molecule has 0 radical (unpaired) electrons. The van der Waals surface area contributed by atoms with Crippen LogP contribution in [0.1, 0.15) is 50.1 Å². The first-order valence-electron chi connectivity index (χ1n) is 8.21. The van der Waals surface area contributed by atoms with Crippen molar-refractivity contribution in [2.45, 2.75) is 52.5 Å². The molecule has 0 unspecified atom stereocenters. The molecule has 0 aromatic carbocycles. The van der Waals surface area contributed by atoms with Gasteiger partial charge in [-0.3, -0.25) is 9.36 Å². The van der Waals surface area contributed by atoms with E-state index in [2.05, 4.69) is 11.9 Å². The lowest BCUT2D eigenvalue weighted by molar-refractivity contribution is -0.147. The molecular formula is C17H22N2O3S. The number of aryl methyl sites for hydroxylation is 1. The monoisotopic (exact) mass is 334 g/mol. The van der Waals surface area contributed by atoms with Crippen molar-refractivity contribution in [3.05, 3.63) is 27.1 Å². The number of ether oxygens (including phenoxy) is 1. The van der Waals surface area contributed by atoms with Crippen LogP contribution in [-0.4, -0.2) is 22.1 Å². The molecule has 23 heavy (non-hydrogen) atoms. The van der Waals surface area contributed by atoms with Gasteiger partial charge in [-0.1, -0.05) is 13.8 Å². The number of esters is 1. The third kappa shape index (κ3) is 2.92. The third-order valence-corrected chi connectivity index (χ3v) is 5.61. The molecule has 0 N–H and O–H groups in total. The predicted molar refractivity (Wildman–Crippen MR) is 91.0 cm³/mol. The molecule has 0 bridgehead atoms. The second-order valence-corrected chi connectivity index (χ2v) is 7.42. The van der Waals surface area contributed by atoms with E-state index < -0.39 is 6.04 Å². The summed E-state index contributed by atoms with van der Waals surface area (Å²) in [7, 11) is 0. The molecule has 0 aliphatic heterocycles. The number of thiophene rings is 1. The Kier molecular flexibility index (Phi) is 4.53. The molecule has 0 spiro atoms. The van der Waals surface area contributed by atoms with E-state index in [1.165, 1.54) is 15.8 Å². The van der Waals surface area contributed by atoms with E-state index in [1.54, 1.807) is 18.3 Å². The minimum absolute atomic E-state index is 0.122. The molecule has 0 saturated carbocycles. The van der Waals surface area contributed by atoms with Crippen molar-refractivity contribution in [1.82, 2.24) is 9.55 Å². The number of nitrogens with zero attached hydrogens (tertiary/aromatic N) is 2. The highest BCUT2D eigenvalue weighted by Gasteiger charge is 2.25. The van der Waals surface area contributed by atoms with E-state index >= 15 is 0 Å². The maximum atomic E-state index is 12.9. The van der Waals surface area contributed by atoms with Crippen molar-refractivity contribution >= 4 is 27.5 Å². The molecule has 2 atom stereocenters. The summed E-state index contributed by atoms with van der Waals surface area (Å²) in [5.74, 6) is 0.272. The van der Waals surface area contributed by atoms with Crippen LogP contribution in [0.25, 0.3) is 10.2 Å². The van der Waals surface area contributed by atoms with Gasteiger partial charge < -0.3 is 4.74 Å². The quantitative estimate of drug-likeness (QED) is 0.806. The van der Waals surface area contributed by atoms with E-state index in [-0.39, 0.29) is 11.5 Å². The Balaban J connectivity index is 2.02. The van der Waals surface area contributed by atoms with Gasteiger partial charge in [0.2, 0.25) is 0 Å². The lowest BCUT2D eigenvalue weighted by Crippen LogP contribution is -2.30. The summed E-state index contributed by atoms with van der Waals surface area (Å²) in [5.41, 5.74) is 1.02. The number of hydrogen-bond donors (Lipinski definition) is 0. The molecule has 0 fully saturated rings. The van der Waals surface area contributed by atoms with Gasteiger partial charge in [-0.05, 0) is 44.1 Å². The zero-order valence-corrected chi connectivity index (χ0v) is 14.6. The van der Waals surface area contributed by atoms with Gasteiger partial charge in [0, 0.05) is 4.88 Å². The molecule has 6 heteroatoms. The maximum Gasteiger partial charge on any atom is 0.328 e. The Labute approximate surface area is 139 Å². The zero-order valence-electron chi connectivity index (χ0n) is 13.8. The molecule has 3 rings (SSSR count). The Morgan fingerprint density at radius 2 is 2.35 bits per heavy atom. The Hall–Kier alpha value is -1.69. The van der Waals surface area contributed by atoms with Gasteiger partial charge in [0.1, 0.15) is 10.9 Å². The van der Waals surface area contributed by atoms with Crippen molar-refractivity contribution in [2.24, 2.45) is 5.92 Å². The molecule has 2 heterocycles. The molecular weight excluding hydrogens is 312 g/mol. The van der Waals surface area contributed by atoms with Crippen LogP contribution in [-0.2, 0) is 22.4 Å². The highest BCUT2D eigenvalue weighted by Crippen LogP contribution is 2.35. The predicted octanol–water partition coefficient (Wildman–Crippen LogP) is 3.10. The van der Waals surface area contributed by atoms with Crippen LogP contribution < -0.4 is 5.56 Å². The molecule has 2 aromatic heterocycles. The van der Waals surface area contributed by atoms with Crippen LogP contribution >= 0.6 is 11.3 Å². The molecule has 5 nitrogen and oxygen atoms in total. The van der Waals surface area contributed by atoms with E-state index in [0.717, 1.165) is 36.1 Å². The van der Waals surface area contributed by atoms with E-state index in [1.807, 2.05) is 6.92 Å². The summed E-state index contributed by atoms with van der Waals surface area (Å²) in [6, 6.07) is -0.649. The molecule has 0 saturated heterocycles. The SMILES string of the molecule is CCCOC(=O)[C@H](C)n1cnc2sc3c(c2c1=O)CC[C@H](C)C3. The standard InChI is InChI=1S/C17H22N2O3S/c1-4-7-22-17(21)11(3)19-9-18-15-14(16(19)20)12-6-5-10(2)8-13(12)23-15/h9-11H,4-8H2,1-3H3/t10-,11-/m0/s1. The summed E-state index contributed by atoms with van der Waals surface area (Å²) in [5, 5.41) is 0.703. The number of aromatic nitrogens is 2. The summed E-state index contributed by atoms with van der Waals surface area (Å²) in [4.78, 5) is 31.4. The lowest BCUT2D eigenvalue weighted by Gasteiger charge is -2.18. The second kappa shape index (κ2) is 6.43. The van der Waals surface area contributed by atoms with Crippen LogP contribution in [0.2, 0.25) is 0 Å². The summed E-state index contributed by atoms with van der Waals surface area (Å²) in [6.45, 7) is 6.24. The van der Waals surface area contributed by atoms with Gasteiger partial charge in [0.25, 0.3) is 5.56 Å². The summed E-state index contributed by atoms with van der Waals surface area (Å²) >= 11 is 1.62. The fraction of sp³-hybridized carbons (Fsp3) is 0.588. The Morgan fingerprint density at radius 1 is 1.57 bits per heavy atom. The highest BCUT2D eigenvalue weighted by molar-refractivity contribution is 7.18. The van der Waals surface area contributed by atoms with Crippen LogP contribution in [0, 0.1) is 5.92 Å². The van der Waals surface area contributed by atoms with Crippen molar-refractivity contribution in [2.75, 3.05) is 6.61 Å². The topological polar surface area (TPSA) is 61.2 Å². The van der Waals surface area contributed by atoms with E-state index in [9.17, 15) is 9.59 Å². The van der Waals surface area contributed by atoms with E-state index in [0.29, 0.717) is 17.9 Å². The van der Waals surface area contributed by atoms with Gasteiger partial charge in [-0.25, -0.2) is 9.78 Å². The van der Waals surface area contributed by atoms with Gasteiger partial charge in [-0.2, -0.15) is 0 Å². The number of carbonyl (C=O) groups is 1. The molecule has 124 valence electrons. The number of carbonyl (C=O) groups excluding carboxylic acids is 1. The zero-order chi connectivity index (χ0) is 16.6. The molecule has 2 aromatic rings. The first-order chi connectivity index (χ1) is 11.0. The number of hydrogen-bond acceptors (Lipinski definition) is 5. The fourth-order valence-corrected chi connectivity index (χ4v) is 4.40. The van der Waals surface area contributed by atoms with Crippen molar-refractivity contribution in [3.63, 3.8) is 0 Å². The number of rotatable bonds is 4.